The molecular formula is C20H27NO. The average Bonchev–Trinajstić information content (AvgIpc) is 2.59. The lowest BCUT2D eigenvalue weighted by atomic mass is 9.79. The van der Waals surface area contributed by atoms with Gasteiger partial charge in [-0.1, -0.05) is 56.3 Å². The fraction of sp³-hybridized carbons (Fsp3) is 0.400. The Morgan fingerprint density at radius 1 is 1.05 bits per heavy atom. The molecule has 0 fully saturated rings. The molecule has 22 heavy (non-hydrogen) atoms. The first-order valence-corrected chi connectivity index (χ1v) is 8.15. The molecule has 0 aromatic heterocycles. The highest BCUT2D eigenvalue weighted by Gasteiger charge is 2.24. The molecule has 1 atom stereocenters. The summed E-state index contributed by atoms with van der Waals surface area (Å²) in [5.74, 6) is 0.966. The van der Waals surface area contributed by atoms with E-state index in [-0.39, 0.29) is 5.41 Å². The van der Waals surface area contributed by atoms with Crippen molar-refractivity contribution in [3.63, 3.8) is 0 Å². The van der Waals surface area contributed by atoms with Crippen molar-refractivity contribution in [1.29, 1.82) is 0 Å². The number of hydrogen-bond donors (Lipinski definition) is 1. The highest BCUT2D eigenvalue weighted by Crippen LogP contribution is 2.28. The number of aryl methyl sites for hydroxylation is 1. The fourth-order valence-corrected chi connectivity index (χ4v) is 2.71. The van der Waals surface area contributed by atoms with Crippen molar-refractivity contribution < 1.29 is 4.74 Å². The Bertz CT molecular complexity index is 567. The number of nitrogens with two attached hydrogens (primary N) is 1. The SMILES string of the molecule is CCc1cccc(OCCCC(C)(CN)c2ccccc2)c1. The van der Waals surface area contributed by atoms with E-state index in [1.807, 2.05) is 12.1 Å². The molecule has 0 aliphatic rings. The third-order valence-corrected chi connectivity index (χ3v) is 4.37. The molecule has 0 heterocycles. The molecule has 118 valence electrons. The van der Waals surface area contributed by atoms with E-state index in [1.54, 1.807) is 0 Å². The topological polar surface area (TPSA) is 35.2 Å². The Kier molecular flexibility index (Phi) is 6.02. The van der Waals surface area contributed by atoms with E-state index in [4.69, 9.17) is 10.5 Å². The van der Waals surface area contributed by atoms with Gasteiger partial charge in [-0.05, 0) is 42.5 Å². The molecule has 1 unspecified atom stereocenters. The van der Waals surface area contributed by atoms with E-state index in [1.165, 1.54) is 11.1 Å². The van der Waals surface area contributed by atoms with Gasteiger partial charge in [0.2, 0.25) is 0 Å². The Morgan fingerprint density at radius 2 is 1.82 bits per heavy atom. The van der Waals surface area contributed by atoms with Crippen LogP contribution in [-0.2, 0) is 11.8 Å². The first kappa shape index (κ1) is 16.6. The van der Waals surface area contributed by atoms with Crippen molar-refractivity contribution in [3.05, 3.63) is 65.7 Å². The molecule has 2 heteroatoms. The maximum absolute atomic E-state index is 6.03. The molecular weight excluding hydrogens is 270 g/mol. The largest absolute Gasteiger partial charge is 0.494 e. The lowest BCUT2D eigenvalue weighted by molar-refractivity contribution is 0.285. The third kappa shape index (κ3) is 4.35. The highest BCUT2D eigenvalue weighted by atomic mass is 16.5. The second-order valence-corrected chi connectivity index (χ2v) is 6.08. The van der Waals surface area contributed by atoms with Crippen molar-refractivity contribution in [1.82, 2.24) is 0 Å². The van der Waals surface area contributed by atoms with Crippen LogP contribution in [0, 0.1) is 0 Å². The van der Waals surface area contributed by atoms with Gasteiger partial charge in [0.25, 0.3) is 0 Å². The van der Waals surface area contributed by atoms with Crippen molar-refractivity contribution >= 4 is 0 Å². The molecule has 2 N–H and O–H groups in total. The predicted octanol–water partition coefficient (Wildman–Crippen LogP) is 4.32. The standard InChI is InChI=1S/C20H27NO/c1-3-17-9-7-12-19(15-17)22-14-8-13-20(2,16-21)18-10-5-4-6-11-18/h4-7,9-12,15H,3,8,13-14,16,21H2,1-2H3. The van der Waals surface area contributed by atoms with Gasteiger partial charge in [0.15, 0.2) is 0 Å². The Balaban J connectivity index is 1.86. The minimum atomic E-state index is 0.0237. The van der Waals surface area contributed by atoms with E-state index >= 15 is 0 Å². The zero-order valence-electron chi connectivity index (χ0n) is 13.7. The Hall–Kier alpha value is -1.80. The van der Waals surface area contributed by atoms with Crippen LogP contribution in [0.5, 0.6) is 5.75 Å². The number of benzene rings is 2. The van der Waals surface area contributed by atoms with E-state index in [2.05, 4.69) is 56.3 Å². The van der Waals surface area contributed by atoms with Crippen LogP contribution in [0.25, 0.3) is 0 Å². The Labute approximate surface area is 134 Å². The molecule has 0 aliphatic heterocycles. The molecule has 0 bridgehead atoms. The third-order valence-electron chi connectivity index (χ3n) is 4.37. The number of rotatable bonds is 8. The zero-order valence-corrected chi connectivity index (χ0v) is 13.7. The second kappa shape index (κ2) is 8.00. The molecule has 2 aromatic carbocycles. The first-order chi connectivity index (χ1) is 10.7. The van der Waals surface area contributed by atoms with Gasteiger partial charge in [-0.15, -0.1) is 0 Å². The van der Waals surface area contributed by atoms with E-state index in [0.29, 0.717) is 6.54 Å². The normalized spacial score (nSPS) is 13.6. The molecule has 2 aromatic rings. The van der Waals surface area contributed by atoms with Gasteiger partial charge in [-0.2, -0.15) is 0 Å². The summed E-state index contributed by atoms with van der Waals surface area (Å²) >= 11 is 0. The maximum Gasteiger partial charge on any atom is 0.119 e. The van der Waals surface area contributed by atoms with E-state index in [9.17, 15) is 0 Å². The molecule has 0 saturated carbocycles. The summed E-state index contributed by atoms with van der Waals surface area (Å²) in [7, 11) is 0. The molecule has 0 spiro atoms. The van der Waals surface area contributed by atoms with Crippen molar-refractivity contribution in [2.75, 3.05) is 13.2 Å². The molecule has 0 radical (unpaired) electrons. The van der Waals surface area contributed by atoms with Crippen LogP contribution in [0.3, 0.4) is 0 Å². The monoisotopic (exact) mass is 297 g/mol. The average molecular weight is 297 g/mol. The van der Waals surface area contributed by atoms with Gasteiger partial charge in [-0.3, -0.25) is 0 Å². The molecule has 0 saturated heterocycles. The first-order valence-electron chi connectivity index (χ1n) is 8.15. The summed E-state index contributed by atoms with van der Waals surface area (Å²) in [6.07, 6.45) is 3.07. The lowest BCUT2D eigenvalue weighted by Crippen LogP contribution is -2.32. The second-order valence-electron chi connectivity index (χ2n) is 6.08. The van der Waals surface area contributed by atoms with Crippen LogP contribution in [0.1, 0.15) is 37.8 Å². The van der Waals surface area contributed by atoms with Crippen molar-refractivity contribution in [3.8, 4) is 5.75 Å². The molecule has 0 aliphatic carbocycles. The van der Waals surface area contributed by atoms with Crippen LogP contribution >= 0.6 is 0 Å². The molecule has 2 nitrogen and oxygen atoms in total. The smallest absolute Gasteiger partial charge is 0.119 e. The van der Waals surface area contributed by atoms with Crippen molar-refractivity contribution in [2.45, 2.75) is 38.5 Å². The molecule has 0 amide bonds. The molecule has 2 rings (SSSR count). The van der Waals surface area contributed by atoms with E-state index < -0.39 is 0 Å². The maximum atomic E-state index is 6.03. The highest BCUT2D eigenvalue weighted by molar-refractivity contribution is 5.28. The summed E-state index contributed by atoms with van der Waals surface area (Å²) in [4.78, 5) is 0. The van der Waals surface area contributed by atoms with Gasteiger partial charge in [-0.25, -0.2) is 0 Å². The van der Waals surface area contributed by atoms with Crippen LogP contribution < -0.4 is 10.5 Å². The van der Waals surface area contributed by atoms with Crippen LogP contribution in [0.15, 0.2) is 54.6 Å². The number of hydrogen-bond acceptors (Lipinski definition) is 2. The van der Waals surface area contributed by atoms with Crippen LogP contribution in [-0.4, -0.2) is 13.2 Å². The van der Waals surface area contributed by atoms with E-state index in [0.717, 1.165) is 31.6 Å². The fourth-order valence-electron chi connectivity index (χ4n) is 2.71. The summed E-state index contributed by atoms with van der Waals surface area (Å²) < 4.78 is 5.88. The van der Waals surface area contributed by atoms with Gasteiger partial charge >= 0.3 is 0 Å². The predicted molar refractivity (Wildman–Crippen MR) is 93.4 cm³/mol. The van der Waals surface area contributed by atoms with Gasteiger partial charge in [0.05, 0.1) is 6.61 Å². The quantitative estimate of drug-likeness (QED) is 0.736. The Morgan fingerprint density at radius 3 is 2.50 bits per heavy atom. The summed E-state index contributed by atoms with van der Waals surface area (Å²) in [6.45, 7) is 5.78. The van der Waals surface area contributed by atoms with Gasteiger partial charge in [0.1, 0.15) is 5.75 Å². The summed E-state index contributed by atoms with van der Waals surface area (Å²) in [5.41, 5.74) is 8.68. The van der Waals surface area contributed by atoms with Gasteiger partial charge < -0.3 is 10.5 Å². The van der Waals surface area contributed by atoms with Crippen molar-refractivity contribution in [2.24, 2.45) is 5.73 Å². The minimum absolute atomic E-state index is 0.0237. The zero-order chi connectivity index (χ0) is 15.8. The van der Waals surface area contributed by atoms with Crippen LogP contribution in [0.4, 0.5) is 0 Å². The lowest BCUT2D eigenvalue weighted by Gasteiger charge is -2.28. The summed E-state index contributed by atoms with van der Waals surface area (Å²) in [6, 6.07) is 18.9. The number of ether oxygens (including phenoxy) is 1. The van der Waals surface area contributed by atoms with Crippen LogP contribution in [0.2, 0.25) is 0 Å². The minimum Gasteiger partial charge on any atom is -0.494 e. The van der Waals surface area contributed by atoms with Gasteiger partial charge in [0, 0.05) is 12.0 Å². The summed E-state index contributed by atoms with van der Waals surface area (Å²) in [5, 5.41) is 0.